The summed E-state index contributed by atoms with van der Waals surface area (Å²) >= 11 is 7.50. The van der Waals surface area contributed by atoms with E-state index in [-0.39, 0.29) is 34.1 Å². The number of carbonyl (C=O) groups is 2. The van der Waals surface area contributed by atoms with Crippen LogP contribution in [0.3, 0.4) is 0 Å². The van der Waals surface area contributed by atoms with Crippen LogP contribution in [-0.4, -0.2) is 36.7 Å². The monoisotopic (exact) mass is 485 g/mol. The summed E-state index contributed by atoms with van der Waals surface area (Å²) in [6.45, 7) is 0. The number of hydrogen-bond acceptors (Lipinski definition) is 5. The Labute approximate surface area is 200 Å². The highest BCUT2D eigenvalue weighted by Crippen LogP contribution is 2.38. The van der Waals surface area contributed by atoms with Crippen LogP contribution in [0.2, 0.25) is 5.02 Å². The second kappa shape index (κ2) is 9.72. The number of nitrogens with one attached hydrogen (secondary N) is 1. The second-order valence-corrected chi connectivity index (χ2v) is 9.03. The number of thioether (sulfide) groups is 1. The molecule has 1 atom stereocenters. The molecule has 1 N–H and O–H groups in total. The number of amides is 2. The van der Waals surface area contributed by atoms with Gasteiger partial charge in [0.25, 0.3) is 11.8 Å². The number of nitrogens with zero attached hydrogens (tertiary/aromatic N) is 2. The Morgan fingerprint density at radius 2 is 1.85 bits per heavy atom. The molecule has 2 amide bonds. The van der Waals surface area contributed by atoms with Crippen LogP contribution in [0.15, 0.2) is 66.7 Å². The molecule has 6 nitrogen and oxygen atoms in total. The zero-order valence-corrected chi connectivity index (χ0v) is 19.5. The molecule has 0 aromatic heterocycles. The molecule has 1 heterocycles. The minimum absolute atomic E-state index is 0.0412. The van der Waals surface area contributed by atoms with Gasteiger partial charge >= 0.3 is 0 Å². The van der Waals surface area contributed by atoms with Crippen molar-refractivity contribution in [1.82, 2.24) is 10.4 Å². The van der Waals surface area contributed by atoms with E-state index in [1.807, 2.05) is 43.3 Å². The Bertz CT molecular complexity index is 1190. The third-order valence-corrected chi connectivity index (χ3v) is 6.48. The van der Waals surface area contributed by atoms with Crippen LogP contribution in [0.1, 0.15) is 21.3 Å². The molecule has 3 aromatic carbocycles. The zero-order chi connectivity index (χ0) is 23.5. The van der Waals surface area contributed by atoms with E-state index in [4.69, 9.17) is 16.3 Å². The lowest BCUT2D eigenvalue weighted by Crippen LogP contribution is -2.44. The summed E-state index contributed by atoms with van der Waals surface area (Å²) in [5.74, 6) is -1.09. The van der Waals surface area contributed by atoms with Crippen molar-refractivity contribution in [3.05, 3.63) is 88.7 Å². The molecule has 1 aliphatic heterocycles. The van der Waals surface area contributed by atoms with E-state index in [2.05, 4.69) is 5.43 Å². The Balaban J connectivity index is 1.58. The van der Waals surface area contributed by atoms with Crippen LogP contribution in [0.25, 0.3) is 0 Å². The molecule has 0 aliphatic carbocycles. The van der Waals surface area contributed by atoms with Gasteiger partial charge in [0.1, 0.15) is 11.1 Å². The first-order chi connectivity index (χ1) is 15.8. The minimum Gasteiger partial charge on any atom is -0.453 e. The van der Waals surface area contributed by atoms with E-state index < -0.39 is 11.7 Å². The van der Waals surface area contributed by atoms with Crippen LogP contribution < -0.4 is 15.1 Å². The fraction of sp³-hybridized carbons (Fsp3) is 0.167. The first-order valence-corrected chi connectivity index (χ1v) is 11.5. The van der Waals surface area contributed by atoms with Gasteiger partial charge < -0.3 is 9.64 Å². The number of ether oxygens (including phenoxy) is 1. The number of hydrogen-bond donors (Lipinski definition) is 1. The zero-order valence-electron chi connectivity index (χ0n) is 17.9. The number of rotatable bonds is 6. The maximum absolute atomic E-state index is 14.1. The summed E-state index contributed by atoms with van der Waals surface area (Å²) in [6, 6.07) is 18.1. The van der Waals surface area contributed by atoms with E-state index in [0.717, 1.165) is 11.3 Å². The third-order valence-electron chi connectivity index (χ3n) is 5.03. The van der Waals surface area contributed by atoms with Gasteiger partial charge in [-0.2, -0.15) is 0 Å². The van der Waals surface area contributed by atoms with Crippen molar-refractivity contribution in [2.24, 2.45) is 0 Å². The molecule has 1 aliphatic rings. The second-order valence-electron chi connectivity index (χ2n) is 7.53. The average Bonchev–Trinajstić information content (AvgIpc) is 3.15. The molecule has 0 radical (unpaired) electrons. The van der Waals surface area contributed by atoms with Gasteiger partial charge in [-0.25, -0.2) is 9.40 Å². The van der Waals surface area contributed by atoms with Crippen LogP contribution in [0.5, 0.6) is 11.5 Å². The molecule has 1 saturated heterocycles. The van der Waals surface area contributed by atoms with Crippen molar-refractivity contribution in [3.8, 4) is 11.5 Å². The molecule has 0 saturated carbocycles. The van der Waals surface area contributed by atoms with Gasteiger partial charge in [-0.1, -0.05) is 35.9 Å². The summed E-state index contributed by atoms with van der Waals surface area (Å²) in [5.41, 5.74) is 4.72. The van der Waals surface area contributed by atoms with E-state index in [1.54, 1.807) is 6.07 Å². The summed E-state index contributed by atoms with van der Waals surface area (Å²) < 4.78 is 19.7. The van der Waals surface area contributed by atoms with Crippen LogP contribution in [-0.2, 0) is 4.79 Å². The lowest BCUT2D eigenvalue weighted by molar-refractivity contribution is -0.130. The average molecular weight is 486 g/mol. The van der Waals surface area contributed by atoms with Crippen LogP contribution in [0, 0.1) is 5.82 Å². The SMILES string of the molecule is CN(C)c1ccc(C2SCC(=O)N2NC(=O)c2ccc(Cl)cc2Oc2ccccc2F)cc1. The quantitative estimate of drug-likeness (QED) is 0.516. The topological polar surface area (TPSA) is 61.9 Å². The Morgan fingerprint density at radius 3 is 2.55 bits per heavy atom. The number of para-hydroxylation sites is 1. The van der Waals surface area contributed by atoms with Crippen molar-refractivity contribution < 1.29 is 18.7 Å². The van der Waals surface area contributed by atoms with Crippen molar-refractivity contribution in [2.45, 2.75) is 5.37 Å². The lowest BCUT2D eigenvalue weighted by atomic mass is 10.1. The fourth-order valence-corrected chi connectivity index (χ4v) is 4.58. The number of carbonyl (C=O) groups excluding carboxylic acids is 2. The van der Waals surface area contributed by atoms with E-state index >= 15 is 0 Å². The number of benzene rings is 3. The molecule has 33 heavy (non-hydrogen) atoms. The highest BCUT2D eigenvalue weighted by Gasteiger charge is 2.35. The van der Waals surface area contributed by atoms with Gasteiger partial charge in [-0.3, -0.25) is 15.0 Å². The number of hydrazine groups is 1. The molecular weight excluding hydrogens is 465 g/mol. The molecule has 3 aromatic rings. The summed E-state index contributed by atoms with van der Waals surface area (Å²) in [6.07, 6.45) is 0. The van der Waals surface area contributed by atoms with Crippen molar-refractivity contribution in [1.29, 1.82) is 0 Å². The van der Waals surface area contributed by atoms with Gasteiger partial charge in [0.15, 0.2) is 11.6 Å². The largest absolute Gasteiger partial charge is 0.453 e. The molecule has 0 bridgehead atoms. The molecule has 170 valence electrons. The highest BCUT2D eigenvalue weighted by molar-refractivity contribution is 8.00. The normalized spacial score (nSPS) is 15.5. The lowest BCUT2D eigenvalue weighted by Gasteiger charge is -2.25. The van der Waals surface area contributed by atoms with Gasteiger partial charge in [0.2, 0.25) is 0 Å². The predicted molar refractivity (Wildman–Crippen MR) is 128 cm³/mol. The van der Waals surface area contributed by atoms with Crippen LogP contribution >= 0.6 is 23.4 Å². The summed E-state index contributed by atoms with van der Waals surface area (Å²) in [7, 11) is 3.89. The van der Waals surface area contributed by atoms with Crippen molar-refractivity contribution in [3.63, 3.8) is 0 Å². The highest BCUT2D eigenvalue weighted by atomic mass is 35.5. The van der Waals surface area contributed by atoms with Gasteiger partial charge in [0, 0.05) is 30.9 Å². The van der Waals surface area contributed by atoms with Crippen molar-refractivity contribution >= 4 is 40.9 Å². The minimum atomic E-state index is -0.573. The van der Waals surface area contributed by atoms with Gasteiger partial charge in [-0.05, 0) is 42.0 Å². The third kappa shape index (κ3) is 5.07. The van der Waals surface area contributed by atoms with E-state index in [1.165, 1.54) is 53.2 Å². The maximum atomic E-state index is 14.1. The Hall–Kier alpha value is -3.23. The van der Waals surface area contributed by atoms with E-state index in [0.29, 0.717) is 5.02 Å². The Morgan fingerprint density at radius 1 is 1.12 bits per heavy atom. The molecule has 1 unspecified atom stereocenters. The molecular formula is C24H21ClFN3O3S. The van der Waals surface area contributed by atoms with Gasteiger partial charge in [-0.15, -0.1) is 11.8 Å². The predicted octanol–water partition coefficient (Wildman–Crippen LogP) is 5.26. The molecule has 9 heteroatoms. The first-order valence-electron chi connectivity index (χ1n) is 10.1. The van der Waals surface area contributed by atoms with E-state index in [9.17, 15) is 14.0 Å². The first kappa shape index (κ1) is 22.9. The summed E-state index contributed by atoms with van der Waals surface area (Å²) in [5, 5.41) is 1.27. The molecule has 4 rings (SSSR count). The number of halogens is 2. The fourth-order valence-electron chi connectivity index (χ4n) is 3.31. The maximum Gasteiger partial charge on any atom is 0.273 e. The Kier molecular flexibility index (Phi) is 6.76. The number of anilines is 1. The molecule has 0 spiro atoms. The van der Waals surface area contributed by atoms with Crippen LogP contribution in [0.4, 0.5) is 10.1 Å². The smallest absolute Gasteiger partial charge is 0.273 e. The summed E-state index contributed by atoms with van der Waals surface area (Å²) in [4.78, 5) is 27.7. The van der Waals surface area contributed by atoms with Crippen molar-refractivity contribution in [2.75, 3.05) is 24.7 Å². The molecule has 1 fully saturated rings. The standard InChI is InChI=1S/C24H21ClFN3O3S/c1-28(2)17-10-7-15(8-11-17)24-29(22(30)14-33-24)27-23(31)18-12-9-16(25)13-21(18)32-20-6-4-3-5-19(20)26/h3-13,24H,14H2,1-2H3,(H,27,31). The van der Waals surface area contributed by atoms with Gasteiger partial charge in [0.05, 0.1) is 11.3 Å².